The van der Waals surface area contributed by atoms with Crippen LogP contribution in [0.25, 0.3) is 0 Å². The summed E-state index contributed by atoms with van der Waals surface area (Å²) in [7, 11) is -2.40. The van der Waals surface area contributed by atoms with Gasteiger partial charge in [-0.1, -0.05) is 126 Å². The van der Waals surface area contributed by atoms with Crippen LogP contribution in [0.1, 0.15) is 78.6 Å². The zero-order valence-corrected chi connectivity index (χ0v) is 21.8. The average molecular weight is 467 g/mol. The standard InChI is InChI=1S/C29H42O3Si/c1-29(2,3)33(26-20-14-12-15-21-26,27-22-16-13-17-23-27)32-25-19-11-9-7-5-4-6-8-10-18-24-28(30)31/h12-18,20-24H,4-11,19,25H2,1-3H3,(H,30,31)/b24-18+. The molecular weight excluding hydrogens is 424 g/mol. The fourth-order valence-corrected chi connectivity index (χ4v) is 9.20. The molecule has 2 rings (SSSR count). The number of rotatable bonds is 15. The van der Waals surface area contributed by atoms with Crippen molar-refractivity contribution in [1.29, 1.82) is 0 Å². The Kier molecular flexibility index (Phi) is 11.6. The fraction of sp³-hybridized carbons (Fsp3) is 0.483. The number of aliphatic carboxylic acids is 1. The maximum absolute atomic E-state index is 10.4. The van der Waals surface area contributed by atoms with E-state index in [4.69, 9.17) is 9.53 Å². The molecule has 0 heterocycles. The van der Waals surface area contributed by atoms with Gasteiger partial charge in [-0.3, -0.25) is 0 Å². The number of unbranched alkanes of at least 4 members (excludes halogenated alkanes) is 8. The minimum Gasteiger partial charge on any atom is -0.478 e. The van der Waals surface area contributed by atoms with Gasteiger partial charge in [0.15, 0.2) is 0 Å². The summed E-state index contributed by atoms with van der Waals surface area (Å²) in [6.07, 6.45) is 13.5. The first kappa shape index (κ1) is 27.1. The maximum atomic E-state index is 10.4. The number of benzene rings is 2. The Bertz CT molecular complexity index is 785. The summed E-state index contributed by atoms with van der Waals surface area (Å²) >= 11 is 0. The third kappa shape index (κ3) is 8.60. The zero-order valence-electron chi connectivity index (χ0n) is 20.8. The summed E-state index contributed by atoms with van der Waals surface area (Å²) in [4.78, 5) is 10.4. The van der Waals surface area contributed by atoms with Gasteiger partial charge in [-0.2, -0.15) is 0 Å². The van der Waals surface area contributed by atoms with Crippen molar-refractivity contribution in [3.8, 4) is 0 Å². The third-order valence-electron chi connectivity index (χ3n) is 6.26. The second-order valence-electron chi connectivity index (χ2n) is 9.87. The molecule has 2 aromatic rings. The number of hydrogen-bond donors (Lipinski definition) is 1. The van der Waals surface area contributed by atoms with Crippen molar-refractivity contribution in [3.63, 3.8) is 0 Å². The molecule has 0 amide bonds. The number of hydrogen-bond acceptors (Lipinski definition) is 2. The van der Waals surface area contributed by atoms with Gasteiger partial charge in [-0.05, 0) is 34.7 Å². The van der Waals surface area contributed by atoms with Crippen LogP contribution in [0.2, 0.25) is 5.04 Å². The lowest BCUT2D eigenvalue weighted by Crippen LogP contribution is -2.66. The Morgan fingerprint density at radius 2 is 1.24 bits per heavy atom. The molecule has 2 aromatic carbocycles. The average Bonchev–Trinajstić information content (AvgIpc) is 2.79. The molecule has 0 saturated heterocycles. The van der Waals surface area contributed by atoms with Crippen molar-refractivity contribution in [2.45, 2.75) is 83.6 Å². The van der Waals surface area contributed by atoms with Gasteiger partial charge in [-0.25, -0.2) is 4.79 Å². The van der Waals surface area contributed by atoms with E-state index in [0.717, 1.165) is 25.9 Å². The van der Waals surface area contributed by atoms with E-state index in [1.807, 2.05) is 0 Å². The second-order valence-corrected chi connectivity index (χ2v) is 14.2. The molecule has 33 heavy (non-hydrogen) atoms. The summed E-state index contributed by atoms with van der Waals surface area (Å²) in [5.74, 6) is -0.853. The first-order valence-electron chi connectivity index (χ1n) is 12.5. The highest BCUT2D eigenvalue weighted by Crippen LogP contribution is 2.36. The Hall–Kier alpha value is -2.17. The van der Waals surface area contributed by atoms with Crippen LogP contribution in [0.15, 0.2) is 72.8 Å². The van der Waals surface area contributed by atoms with Gasteiger partial charge in [0.1, 0.15) is 0 Å². The van der Waals surface area contributed by atoms with Crippen LogP contribution in [0.4, 0.5) is 0 Å². The molecule has 0 unspecified atom stereocenters. The van der Waals surface area contributed by atoms with E-state index >= 15 is 0 Å². The molecule has 0 fully saturated rings. The highest BCUT2D eigenvalue weighted by Gasteiger charge is 2.49. The molecule has 0 spiro atoms. The van der Waals surface area contributed by atoms with Gasteiger partial charge in [0.2, 0.25) is 0 Å². The lowest BCUT2D eigenvalue weighted by atomic mass is 10.1. The molecule has 0 radical (unpaired) electrons. The molecule has 3 nitrogen and oxygen atoms in total. The topological polar surface area (TPSA) is 46.5 Å². The van der Waals surface area contributed by atoms with E-state index in [-0.39, 0.29) is 5.04 Å². The SMILES string of the molecule is CC(C)(C)[Si](OCCCCCCCCCC/C=C/C(=O)O)(c1ccccc1)c1ccccc1. The van der Waals surface area contributed by atoms with E-state index in [1.165, 1.54) is 55.0 Å². The number of carboxylic acid groups (broad SMARTS) is 1. The van der Waals surface area contributed by atoms with Gasteiger partial charge in [0, 0.05) is 12.7 Å². The molecule has 4 heteroatoms. The van der Waals surface area contributed by atoms with E-state index < -0.39 is 14.3 Å². The minimum absolute atomic E-state index is 0.0371. The quantitative estimate of drug-likeness (QED) is 0.180. The van der Waals surface area contributed by atoms with E-state index in [9.17, 15) is 4.79 Å². The Labute approximate surface area is 202 Å². The van der Waals surface area contributed by atoms with Crippen LogP contribution in [-0.4, -0.2) is 26.0 Å². The van der Waals surface area contributed by atoms with Gasteiger partial charge >= 0.3 is 5.97 Å². The fourth-order valence-electron chi connectivity index (χ4n) is 4.60. The van der Waals surface area contributed by atoms with Crippen molar-refractivity contribution in [2.75, 3.05) is 6.61 Å². The van der Waals surface area contributed by atoms with Crippen molar-refractivity contribution in [2.24, 2.45) is 0 Å². The first-order valence-corrected chi connectivity index (χ1v) is 14.4. The summed E-state index contributed by atoms with van der Waals surface area (Å²) in [5, 5.41) is 11.3. The predicted octanol–water partition coefficient (Wildman–Crippen LogP) is 6.71. The number of allylic oxidation sites excluding steroid dienone is 1. The van der Waals surface area contributed by atoms with Crippen molar-refractivity contribution < 1.29 is 14.3 Å². The monoisotopic (exact) mass is 466 g/mol. The molecular formula is C29H42O3Si. The smallest absolute Gasteiger partial charge is 0.327 e. The lowest BCUT2D eigenvalue weighted by molar-refractivity contribution is -0.131. The van der Waals surface area contributed by atoms with Crippen LogP contribution >= 0.6 is 0 Å². The first-order chi connectivity index (χ1) is 15.9. The van der Waals surface area contributed by atoms with Crippen molar-refractivity contribution in [3.05, 3.63) is 72.8 Å². The normalized spacial score (nSPS) is 12.3. The van der Waals surface area contributed by atoms with Crippen LogP contribution < -0.4 is 10.4 Å². The molecule has 0 atom stereocenters. The zero-order chi connectivity index (χ0) is 24.0. The van der Waals surface area contributed by atoms with Crippen molar-refractivity contribution >= 4 is 24.7 Å². The van der Waals surface area contributed by atoms with Gasteiger partial charge in [0.25, 0.3) is 8.32 Å². The van der Waals surface area contributed by atoms with Crippen LogP contribution in [0.5, 0.6) is 0 Å². The van der Waals surface area contributed by atoms with Crippen LogP contribution in [0.3, 0.4) is 0 Å². The Balaban J connectivity index is 1.81. The molecule has 1 N–H and O–H groups in total. The van der Waals surface area contributed by atoms with Crippen LogP contribution in [0, 0.1) is 0 Å². The van der Waals surface area contributed by atoms with Gasteiger partial charge < -0.3 is 9.53 Å². The van der Waals surface area contributed by atoms with E-state index in [2.05, 4.69) is 81.4 Å². The molecule has 0 aliphatic rings. The maximum Gasteiger partial charge on any atom is 0.327 e. The van der Waals surface area contributed by atoms with Gasteiger partial charge in [0.05, 0.1) is 0 Å². The number of carbonyl (C=O) groups is 1. The number of carboxylic acids is 1. The van der Waals surface area contributed by atoms with E-state index in [1.54, 1.807) is 6.08 Å². The second kappa shape index (κ2) is 14.2. The molecule has 180 valence electrons. The third-order valence-corrected chi connectivity index (χ3v) is 11.3. The highest BCUT2D eigenvalue weighted by atomic mass is 28.4. The molecule has 0 aliphatic heterocycles. The molecule has 0 aliphatic carbocycles. The summed E-state index contributed by atoms with van der Waals surface area (Å²) in [5.41, 5.74) is 0. The minimum atomic E-state index is -2.40. The molecule has 0 saturated carbocycles. The van der Waals surface area contributed by atoms with Crippen LogP contribution in [-0.2, 0) is 9.22 Å². The predicted molar refractivity (Wildman–Crippen MR) is 142 cm³/mol. The summed E-state index contributed by atoms with van der Waals surface area (Å²) in [6, 6.07) is 21.7. The molecule has 0 bridgehead atoms. The Morgan fingerprint density at radius 1 is 0.788 bits per heavy atom. The van der Waals surface area contributed by atoms with E-state index in [0.29, 0.717) is 0 Å². The molecule has 0 aromatic heterocycles. The van der Waals surface area contributed by atoms with Gasteiger partial charge in [-0.15, -0.1) is 0 Å². The summed E-state index contributed by atoms with van der Waals surface area (Å²) in [6.45, 7) is 7.80. The van der Waals surface area contributed by atoms with Crippen molar-refractivity contribution in [1.82, 2.24) is 0 Å². The summed E-state index contributed by atoms with van der Waals surface area (Å²) < 4.78 is 6.96. The largest absolute Gasteiger partial charge is 0.478 e. The lowest BCUT2D eigenvalue weighted by Gasteiger charge is -2.43. The Morgan fingerprint density at radius 3 is 1.70 bits per heavy atom. The highest BCUT2D eigenvalue weighted by molar-refractivity contribution is 6.99.